The van der Waals surface area contributed by atoms with Crippen LogP contribution in [0.4, 0.5) is 5.69 Å². The van der Waals surface area contributed by atoms with E-state index >= 15 is 0 Å². The predicted octanol–water partition coefficient (Wildman–Crippen LogP) is 2.34. The molecular weight excluding hydrogens is 268 g/mol. The Morgan fingerprint density at radius 2 is 2.38 bits per heavy atom. The van der Waals surface area contributed by atoms with Crippen molar-refractivity contribution in [1.82, 2.24) is 9.88 Å². The third-order valence-corrected chi connectivity index (χ3v) is 3.65. The normalized spacial score (nSPS) is 17.7. The summed E-state index contributed by atoms with van der Waals surface area (Å²) in [6.45, 7) is 1.04. The molecule has 2 N–H and O–H groups in total. The molecule has 1 saturated heterocycles. The maximum absolute atomic E-state index is 12.5. The van der Waals surface area contributed by atoms with E-state index in [2.05, 4.69) is 15.0 Å². The lowest BCUT2D eigenvalue weighted by molar-refractivity contribution is 0.0791. The van der Waals surface area contributed by atoms with Crippen molar-refractivity contribution in [2.24, 2.45) is 5.11 Å². The largest absolute Gasteiger partial charge is 0.397 e. The lowest BCUT2D eigenvalue weighted by atomic mass is 10.1. The number of rotatable bonds is 2. The summed E-state index contributed by atoms with van der Waals surface area (Å²) in [6, 6.07) is 6.99. The Kier molecular flexibility index (Phi) is 3.33. The highest BCUT2D eigenvalue weighted by atomic mass is 16.2. The summed E-state index contributed by atoms with van der Waals surface area (Å²) < 4.78 is 0. The zero-order chi connectivity index (χ0) is 14.8. The van der Waals surface area contributed by atoms with Gasteiger partial charge in [-0.25, -0.2) is 0 Å². The van der Waals surface area contributed by atoms with Crippen LogP contribution in [0.25, 0.3) is 21.3 Å². The molecule has 0 radical (unpaired) electrons. The van der Waals surface area contributed by atoms with Crippen molar-refractivity contribution in [1.29, 1.82) is 0 Å². The number of carbonyl (C=O) groups is 1. The van der Waals surface area contributed by atoms with Gasteiger partial charge in [-0.3, -0.25) is 9.78 Å². The standard InChI is InChI=1S/C14H14N6O/c15-12-7-10(6-9-2-1-4-17-13(9)12)14(21)20-5-3-11(8-20)18-19-16/h1-2,4,6-7,11H,3,5,8,15H2. The molecule has 2 aromatic rings. The van der Waals surface area contributed by atoms with Gasteiger partial charge in [0, 0.05) is 35.1 Å². The average Bonchev–Trinajstić information content (AvgIpc) is 2.95. The molecule has 1 aliphatic rings. The highest BCUT2D eigenvalue weighted by Gasteiger charge is 2.26. The summed E-state index contributed by atoms with van der Waals surface area (Å²) in [5.74, 6) is -0.0944. The molecule has 21 heavy (non-hydrogen) atoms. The number of nitrogens with two attached hydrogens (primary N) is 1. The summed E-state index contributed by atoms with van der Waals surface area (Å²) in [6.07, 6.45) is 2.37. The van der Waals surface area contributed by atoms with Gasteiger partial charge in [0.15, 0.2) is 0 Å². The number of benzene rings is 1. The number of aromatic nitrogens is 1. The van der Waals surface area contributed by atoms with Gasteiger partial charge in [-0.1, -0.05) is 11.2 Å². The van der Waals surface area contributed by atoms with Crippen LogP contribution < -0.4 is 5.73 Å². The Morgan fingerprint density at radius 3 is 3.19 bits per heavy atom. The Labute approximate surface area is 121 Å². The predicted molar refractivity (Wildman–Crippen MR) is 79.6 cm³/mol. The summed E-state index contributed by atoms with van der Waals surface area (Å²) in [5, 5.41) is 4.51. The van der Waals surface area contributed by atoms with Gasteiger partial charge < -0.3 is 10.6 Å². The highest BCUT2D eigenvalue weighted by molar-refractivity contribution is 6.01. The molecule has 2 heterocycles. The number of hydrogen-bond donors (Lipinski definition) is 1. The van der Waals surface area contributed by atoms with Crippen LogP contribution in [0.2, 0.25) is 0 Å². The summed E-state index contributed by atoms with van der Waals surface area (Å²) >= 11 is 0. The molecule has 1 fully saturated rings. The molecule has 1 aromatic carbocycles. The first-order valence-corrected chi connectivity index (χ1v) is 6.67. The molecule has 3 rings (SSSR count). The minimum absolute atomic E-state index is 0.0944. The SMILES string of the molecule is [N-]=[N+]=NC1CCN(C(=O)c2cc(N)c3ncccc3c2)C1. The molecule has 1 aromatic heterocycles. The van der Waals surface area contributed by atoms with Gasteiger partial charge >= 0.3 is 0 Å². The highest BCUT2D eigenvalue weighted by Crippen LogP contribution is 2.23. The lowest BCUT2D eigenvalue weighted by Gasteiger charge is -2.16. The second-order valence-corrected chi connectivity index (χ2v) is 5.04. The first-order chi connectivity index (χ1) is 10.2. The third kappa shape index (κ3) is 2.46. The third-order valence-electron chi connectivity index (χ3n) is 3.65. The minimum atomic E-state index is -0.140. The first-order valence-electron chi connectivity index (χ1n) is 6.67. The zero-order valence-corrected chi connectivity index (χ0v) is 11.3. The van der Waals surface area contributed by atoms with Gasteiger partial charge in [0.05, 0.1) is 17.2 Å². The summed E-state index contributed by atoms with van der Waals surface area (Å²) in [4.78, 5) is 21.2. The van der Waals surface area contributed by atoms with E-state index in [-0.39, 0.29) is 11.9 Å². The molecule has 0 bridgehead atoms. The van der Waals surface area contributed by atoms with Crippen LogP contribution in [0.15, 0.2) is 35.6 Å². The molecular formula is C14H14N6O. The van der Waals surface area contributed by atoms with Crippen molar-refractivity contribution in [3.63, 3.8) is 0 Å². The number of hydrogen-bond acceptors (Lipinski definition) is 4. The van der Waals surface area contributed by atoms with Crippen LogP contribution in [-0.2, 0) is 0 Å². The van der Waals surface area contributed by atoms with E-state index < -0.39 is 0 Å². The van der Waals surface area contributed by atoms with Crippen LogP contribution in [0.3, 0.4) is 0 Å². The van der Waals surface area contributed by atoms with Crippen LogP contribution in [0.1, 0.15) is 16.8 Å². The van der Waals surface area contributed by atoms with Crippen LogP contribution in [-0.4, -0.2) is 34.9 Å². The number of azide groups is 1. The van der Waals surface area contributed by atoms with Crippen LogP contribution >= 0.6 is 0 Å². The quantitative estimate of drug-likeness (QED) is 0.395. The Balaban J connectivity index is 1.90. The van der Waals surface area contributed by atoms with Gasteiger partial charge in [-0.2, -0.15) is 0 Å². The maximum atomic E-state index is 12.5. The van der Waals surface area contributed by atoms with Gasteiger partial charge in [-0.15, -0.1) is 0 Å². The first kappa shape index (κ1) is 13.2. The fraction of sp³-hybridized carbons (Fsp3) is 0.286. The molecule has 1 amide bonds. The number of anilines is 1. The molecule has 7 heteroatoms. The maximum Gasteiger partial charge on any atom is 0.253 e. The average molecular weight is 282 g/mol. The van der Waals surface area contributed by atoms with Gasteiger partial charge in [-0.05, 0) is 30.2 Å². The van der Waals surface area contributed by atoms with Crippen LogP contribution in [0.5, 0.6) is 0 Å². The molecule has 1 unspecified atom stereocenters. The van der Waals surface area contributed by atoms with Crippen molar-refractivity contribution >= 4 is 22.5 Å². The lowest BCUT2D eigenvalue weighted by Crippen LogP contribution is -2.29. The van der Waals surface area contributed by atoms with Crippen molar-refractivity contribution in [2.45, 2.75) is 12.5 Å². The number of nitrogen functional groups attached to an aromatic ring is 1. The van der Waals surface area contributed by atoms with E-state index in [0.29, 0.717) is 36.3 Å². The van der Waals surface area contributed by atoms with Crippen molar-refractivity contribution in [3.8, 4) is 0 Å². The van der Waals surface area contributed by atoms with Crippen molar-refractivity contribution < 1.29 is 4.79 Å². The number of amides is 1. The fourth-order valence-corrected chi connectivity index (χ4v) is 2.62. The number of nitrogens with zero attached hydrogens (tertiary/aromatic N) is 5. The second kappa shape index (κ2) is 5.30. The van der Waals surface area contributed by atoms with E-state index in [1.165, 1.54) is 0 Å². The Morgan fingerprint density at radius 1 is 1.52 bits per heavy atom. The molecule has 0 saturated carbocycles. The topological polar surface area (TPSA) is 108 Å². The monoisotopic (exact) mass is 282 g/mol. The molecule has 0 spiro atoms. The molecule has 0 aliphatic carbocycles. The van der Waals surface area contributed by atoms with E-state index in [1.807, 2.05) is 12.1 Å². The number of carbonyl (C=O) groups excluding carboxylic acids is 1. The van der Waals surface area contributed by atoms with Gasteiger partial charge in [0.2, 0.25) is 0 Å². The Bertz CT molecular complexity index is 752. The number of pyridine rings is 1. The van der Waals surface area contributed by atoms with E-state index in [1.54, 1.807) is 23.2 Å². The number of fused-ring (bicyclic) bond motifs is 1. The molecule has 1 aliphatic heterocycles. The number of likely N-dealkylation sites (tertiary alicyclic amines) is 1. The van der Waals surface area contributed by atoms with E-state index in [9.17, 15) is 4.79 Å². The van der Waals surface area contributed by atoms with Crippen LogP contribution in [0, 0.1) is 0 Å². The van der Waals surface area contributed by atoms with E-state index in [0.717, 1.165) is 5.39 Å². The Hall–Kier alpha value is -2.79. The smallest absolute Gasteiger partial charge is 0.253 e. The second-order valence-electron chi connectivity index (χ2n) is 5.04. The summed E-state index contributed by atoms with van der Waals surface area (Å²) in [7, 11) is 0. The minimum Gasteiger partial charge on any atom is -0.397 e. The van der Waals surface area contributed by atoms with Crippen molar-refractivity contribution in [2.75, 3.05) is 18.8 Å². The van der Waals surface area contributed by atoms with E-state index in [4.69, 9.17) is 11.3 Å². The molecule has 1 atom stereocenters. The summed E-state index contributed by atoms with van der Waals surface area (Å²) in [5.41, 5.74) is 16.1. The molecule has 106 valence electrons. The van der Waals surface area contributed by atoms with Gasteiger partial charge in [0.1, 0.15) is 0 Å². The fourth-order valence-electron chi connectivity index (χ4n) is 2.62. The zero-order valence-electron chi connectivity index (χ0n) is 11.3. The molecule has 7 nitrogen and oxygen atoms in total. The van der Waals surface area contributed by atoms with Gasteiger partial charge in [0.25, 0.3) is 5.91 Å². The van der Waals surface area contributed by atoms with Crippen molar-refractivity contribution in [3.05, 3.63) is 46.5 Å².